The molecule has 2 rings (SSSR count). The van der Waals surface area contributed by atoms with E-state index in [2.05, 4.69) is 15.0 Å². The van der Waals surface area contributed by atoms with Gasteiger partial charge in [0.2, 0.25) is 0 Å². The molecule has 120 valence electrons. The highest BCUT2D eigenvalue weighted by Gasteiger charge is 2.23. The van der Waals surface area contributed by atoms with Gasteiger partial charge in [0.15, 0.2) is 0 Å². The number of hydrogen-bond acceptors (Lipinski definition) is 5. The number of hydrogen-bond donors (Lipinski definition) is 0. The number of sulfone groups is 1. The monoisotopic (exact) mass is 314 g/mol. The molecule has 1 unspecified atom stereocenters. The van der Waals surface area contributed by atoms with Crippen LogP contribution >= 0.6 is 0 Å². The number of piperidine rings is 1. The zero-order valence-corrected chi connectivity index (χ0v) is 14.1. The van der Waals surface area contributed by atoms with Crippen LogP contribution in [0.15, 0.2) is 0 Å². The predicted molar refractivity (Wildman–Crippen MR) is 83.0 cm³/mol. The lowest BCUT2D eigenvalue weighted by Crippen LogP contribution is -2.43. The van der Waals surface area contributed by atoms with E-state index in [0.717, 1.165) is 37.7 Å². The summed E-state index contributed by atoms with van der Waals surface area (Å²) in [6.07, 6.45) is 5.61. The highest BCUT2D eigenvalue weighted by atomic mass is 32.2. The van der Waals surface area contributed by atoms with Crippen molar-refractivity contribution in [3.05, 3.63) is 11.6 Å². The minimum atomic E-state index is -2.86. The van der Waals surface area contributed by atoms with Gasteiger partial charge in [-0.25, -0.2) is 18.1 Å². The quantitative estimate of drug-likeness (QED) is 0.789. The lowest BCUT2D eigenvalue weighted by Gasteiger charge is -2.35. The SMILES string of the molecule is Cc1nc(C)n(CC2CCCCN2CCCS(C)(=O)=O)n1. The van der Waals surface area contributed by atoms with Crippen molar-refractivity contribution in [2.24, 2.45) is 0 Å². The van der Waals surface area contributed by atoms with Crippen molar-refractivity contribution < 1.29 is 8.42 Å². The summed E-state index contributed by atoms with van der Waals surface area (Å²) in [7, 11) is -2.86. The van der Waals surface area contributed by atoms with E-state index < -0.39 is 9.84 Å². The van der Waals surface area contributed by atoms with Gasteiger partial charge in [-0.2, -0.15) is 5.10 Å². The van der Waals surface area contributed by atoms with E-state index in [1.54, 1.807) is 0 Å². The molecule has 0 spiro atoms. The molecule has 1 atom stereocenters. The Kier molecular flexibility index (Phi) is 5.37. The van der Waals surface area contributed by atoms with Crippen molar-refractivity contribution in [2.75, 3.05) is 25.1 Å². The Hall–Kier alpha value is -0.950. The zero-order chi connectivity index (χ0) is 15.5. The molecule has 7 heteroatoms. The smallest absolute Gasteiger partial charge is 0.147 e. The van der Waals surface area contributed by atoms with Crippen LogP contribution in [0.2, 0.25) is 0 Å². The number of aromatic nitrogens is 3. The van der Waals surface area contributed by atoms with Gasteiger partial charge >= 0.3 is 0 Å². The zero-order valence-electron chi connectivity index (χ0n) is 13.2. The van der Waals surface area contributed by atoms with Crippen molar-refractivity contribution >= 4 is 9.84 Å². The molecule has 0 aliphatic carbocycles. The molecule has 1 aliphatic rings. The maximum atomic E-state index is 11.3. The van der Waals surface area contributed by atoms with Gasteiger partial charge in [-0.05, 0) is 46.2 Å². The normalized spacial score (nSPS) is 20.8. The Labute approximate surface area is 127 Å². The summed E-state index contributed by atoms with van der Waals surface area (Å²) < 4.78 is 24.5. The second-order valence-electron chi connectivity index (χ2n) is 6.06. The van der Waals surface area contributed by atoms with Gasteiger partial charge in [-0.3, -0.25) is 4.90 Å². The highest BCUT2D eigenvalue weighted by molar-refractivity contribution is 7.90. The molecular formula is C14H26N4O2S. The van der Waals surface area contributed by atoms with Gasteiger partial charge in [0.25, 0.3) is 0 Å². The van der Waals surface area contributed by atoms with Crippen LogP contribution in [-0.4, -0.2) is 59.2 Å². The molecule has 1 fully saturated rings. The van der Waals surface area contributed by atoms with Gasteiger partial charge < -0.3 is 0 Å². The lowest BCUT2D eigenvalue weighted by molar-refractivity contribution is 0.129. The average molecular weight is 314 g/mol. The van der Waals surface area contributed by atoms with Gasteiger partial charge in [-0.1, -0.05) is 6.42 Å². The van der Waals surface area contributed by atoms with Crippen LogP contribution < -0.4 is 0 Å². The van der Waals surface area contributed by atoms with Crippen molar-refractivity contribution in [1.82, 2.24) is 19.7 Å². The van der Waals surface area contributed by atoms with Crippen LogP contribution in [0.1, 0.15) is 37.3 Å². The third-order valence-electron chi connectivity index (χ3n) is 4.06. The first-order chi connectivity index (χ1) is 9.85. The van der Waals surface area contributed by atoms with E-state index in [1.807, 2.05) is 18.5 Å². The molecule has 0 radical (unpaired) electrons. The Morgan fingerprint density at radius 2 is 2.05 bits per heavy atom. The molecule has 1 aliphatic heterocycles. The number of nitrogens with zero attached hydrogens (tertiary/aromatic N) is 4. The Morgan fingerprint density at radius 3 is 2.67 bits per heavy atom. The van der Waals surface area contributed by atoms with Gasteiger partial charge in [-0.15, -0.1) is 0 Å². The summed E-state index contributed by atoms with van der Waals surface area (Å²) in [5.41, 5.74) is 0. The van der Waals surface area contributed by atoms with Crippen LogP contribution in [0.5, 0.6) is 0 Å². The maximum absolute atomic E-state index is 11.3. The summed E-state index contributed by atoms with van der Waals surface area (Å²) in [6, 6.07) is 0.443. The third-order valence-corrected chi connectivity index (χ3v) is 5.09. The van der Waals surface area contributed by atoms with Crippen LogP contribution in [-0.2, 0) is 16.4 Å². The van der Waals surface area contributed by atoms with Crippen molar-refractivity contribution in [1.29, 1.82) is 0 Å². The molecule has 0 bridgehead atoms. The number of rotatable bonds is 6. The van der Waals surface area contributed by atoms with Gasteiger partial charge in [0.05, 0.1) is 12.3 Å². The summed E-state index contributed by atoms with van der Waals surface area (Å²) in [5.74, 6) is 2.04. The molecule has 0 amide bonds. The average Bonchev–Trinajstić information content (AvgIpc) is 2.68. The van der Waals surface area contributed by atoms with Crippen LogP contribution in [0.25, 0.3) is 0 Å². The predicted octanol–water partition coefficient (Wildman–Crippen LogP) is 1.18. The summed E-state index contributed by atoms with van der Waals surface area (Å²) >= 11 is 0. The fourth-order valence-corrected chi connectivity index (χ4v) is 3.68. The fraction of sp³-hybridized carbons (Fsp3) is 0.857. The minimum Gasteiger partial charge on any atom is -0.299 e. The van der Waals surface area contributed by atoms with Crippen LogP contribution in [0.3, 0.4) is 0 Å². The molecule has 21 heavy (non-hydrogen) atoms. The second kappa shape index (κ2) is 6.87. The van der Waals surface area contributed by atoms with Crippen molar-refractivity contribution in [3.8, 4) is 0 Å². The molecule has 6 nitrogen and oxygen atoms in total. The Bertz CT molecular complexity index is 568. The van der Waals surface area contributed by atoms with E-state index in [1.165, 1.54) is 19.1 Å². The molecule has 0 N–H and O–H groups in total. The van der Waals surface area contributed by atoms with E-state index in [9.17, 15) is 8.42 Å². The highest BCUT2D eigenvalue weighted by Crippen LogP contribution is 2.19. The van der Waals surface area contributed by atoms with E-state index in [4.69, 9.17) is 0 Å². The molecule has 1 aromatic rings. The summed E-state index contributed by atoms with van der Waals surface area (Å²) in [4.78, 5) is 6.77. The van der Waals surface area contributed by atoms with E-state index in [0.29, 0.717) is 12.5 Å². The minimum absolute atomic E-state index is 0.275. The lowest BCUT2D eigenvalue weighted by atomic mass is 10.0. The fourth-order valence-electron chi connectivity index (χ4n) is 3.02. The van der Waals surface area contributed by atoms with Crippen molar-refractivity contribution in [3.63, 3.8) is 0 Å². The topological polar surface area (TPSA) is 68.1 Å². The molecule has 1 saturated heterocycles. The Balaban J connectivity index is 1.94. The number of aryl methyl sites for hydroxylation is 2. The summed E-state index contributed by atoms with van der Waals surface area (Å²) in [6.45, 7) is 6.65. The molecule has 0 saturated carbocycles. The van der Waals surface area contributed by atoms with E-state index in [-0.39, 0.29) is 5.75 Å². The summed E-state index contributed by atoms with van der Waals surface area (Å²) in [5, 5.41) is 4.44. The molecule has 0 aromatic carbocycles. The first kappa shape index (κ1) is 16.4. The van der Waals surface area contributed by atoms with Crippen LogP contribution in [0, 0.1) is 13.8 Å². The molecular weight excluding hydrogens is 288 g/mol. The van der Waals surface area contributed by atoms with Crippen molar-refractivity contribution in [2.45, 2.75) is 52.1 Å². The molecule has 1 aromatic heterocycles. The maximum Gasteiger partial charge on any atom is 0.147 e. The third kappa shape index (κ3) is 5.07. The Morgan fingerprint density at radius 1 is 1.29 bits per heavy atom. The van der Waals surface area contributed by atoms with E-state index >= 15 is 0 Å². The first-order valence-electron chi connectivity index (χ1n) is 7.65. The second-order valence-corrected chi connectivity index (χ2v) is 8.32. The van der Waals surface area contributed by atoms with Crippen LogP contribution in [0.4, 0.5) is 0 Å². The first-order valence-corrected chi connectivity index (χ1v) is 9.71. The molecule has 2 heterocycles. The standard InChI is InChI=1S/C14H26N4O2S/c1-12-15-13(2)18(16-12)11-14-7-4-5-8-17(14)9-6-10-21(3,19)20/h14H,4-11H2,1-3H3. The van der Waals surface area contributed by atoms with Gasteiger partial charge in [0.1, 0.15) is 21.5 Å². The van der Waals surface area contributed by atoms with Gasteiger partial charge in [0, 0.05) is 12.3 Å². The largest absolute Gasteiger partial charge is 0.299 e. The number of likely N-dealkylation sites (tertiary alicyclic amines) is 1.